The Balaban J connectivity index is 1.72. The average molecular weight is 458 g/mol. The molecule has 0 unspecified atom stereocenters. The third kappa shape index (κ3) is 5.60. The summed E-state index contributed by atoms with van der Waals surface area (Å²) >= 11 is 0. The van der Waals surface area contributed by atoms with Gasteiger partial charge in [0.15, 0.2) is 11.5 Å². The van der Waals surface area contributed by atoms with Gasteiger partial charge in [-0.1, -0.05) is 6.07 Å². The van der Waals surface area contributed by atoms with Crippen LogP contribution in [-0.4, -0.2) is 40.3 Å². The number of alkyl halides is 3. The van der Waals surface area contributed by atoms with Gasteiger partial charge in [-0.3, -0.25) is 9.10 Å². The second-order valence-corrected chi connectivity index (χ2v) is 8.91. The number of fused-ring (bicyclic) bond motifs is 1. The van der Waals surface area contributed by atoms with Crippen molar-refractivity contribution in [2.75, 3.05) is 30.3 Å². The smallest absolute Gasteiger partial charge is 0.416 e. The summed E-state index contributed by atoms with van der Waals surface area (Å²) in [5.74, 6) is 0.527. The Labute approximate surface area is 177 Å². The molecule has 0 radical (unpaired) electrons. The number of sulfonamides is 1. The summed E-state index contributed by atoms with van der Waals surface area (Å²) in [7, 11) is -3.92. The molecule has 168 valence electrons. The molecule has 2 aromatic carbocycles. The molecular formula is C20H21F3N2O5S. The van der Waals surface area contributed by atoms with Gasteiger partial charge in [0.1, 0.15) is 19.8 Å². The molecule has 7 nitrogen and oxygen atoms in total. The van der Waals surface area contributed by atoms with Crippen LogP contribution in [-0.2, 0) is 21.0 Å². The molecule has 1 atom stereocenters. The van der Waals surface area contributed by atoms with Gasteiger partial charge in [-0.15, -0.1) is 0 Å². The van der Waals surface area contributed by atoms with E-state index in [2.05, 4.69) is 5.32 Å². The maximum atomic E-state index is 12.8. The summed E-state index contributed by atoms with van der Waals surface area (Å²) in [5, 5.41) is 2.69. The molecule has 2 aromatic rings. The molecule has 1 amide bonds. The van der Waals surface area contributed by atoms with Gasteiger partial charge in [0.25, 0.3) is 0 Å². The summed E-state index contributed by atoms with van der Waals surface area (Å²) in [4.78, 5) is 12.5. The maximum absolute atomic E-state index is 12.8. The van der Waals surface area contributed by atoms with E-state index in [0.29, 0.717) is 24.7 Å². The first kappa shape index (κ1) is 22.7. The summed E-state index contributed by atoms with van der Waals surface area (Å²) < 4.78 is 74.3. The van der Waals surface area contributed by atoms with E-state index < -0.39 is 40.3 Å². The number of hydrogen-bond acceptors (Lipinski definition) is 5. The summed E-state index contributed by atoms with van der Waals surface area (Å²) in [5.41, 5.74) is -0.239. The lowest BCUT2D eigenvalue weighted by Crippen LogP contribution is -2.41. The van der Waals surface area contributed by atoms with Gasteiger partial charge in [0, 0.05) is 0 Å². The quantitative estimate of drug-likeness (QED) is 0.719. The summed E-state index contributed by atoms with van der Waals surface area (Å²) in [6.45, 7) is 1.99. The Morgan fingerprint density at radius 2 is 1.71 bits per heavy atom. The minimum atomic E-state index is -4.55. The molecule has 1 heterocycles. The zero-order valence-electron chi connectivity index (χ0n) is 16.8. The Bertz CT molecular complexity index is 1060. The van der Waals surface area contributed by atoms with E-state index in [0.717, 1.165) is 40.4 Å². The Hall–Kier alpha value is -2.95. The fourth-order valence-electron chi connectivity index (χ4n) is 3.05. The zero-order chi connectivity index (χ0) is 22.8. The lowest BCUT2D eigenvalue weighted by atomic mass is 10.1. The number of amides is 1. The van der Waals surface area contributed by atoms with Gasteiger partial charge in [-0.25, -0.2) is 8.42 Å². The number of hydrogen-bond donors (Lipinski definition) is 1. The van der Waals surface area contributed by atoms with Gasteiger partial charge in [0.2, 0.25) is 15.9 Å². The van der Waals surface area contributed by atoms with Crippen molar-refractivity contribution < 1.29 is 35.9 Å². The van der Waals surface area contributed by atoms with Gasteiger partial charge in [0.05, 0.1) is 23.5 Å². The van der Waals surface area contributed by atoms with Crippen LogP contribution in [0.1, 0.15) is 24.1 Å². The van der Waals surface area contributed by atoms with E-state index in [1.807, 2.05) is 0 Å². The van der Waals surface area contributed by atoms with Crippen molar-refractivity contribution in [3.8, 4) is 11.5 Å². The van der Waals surface area contributed by atoms with Crippen LogP contribution < -0.4 is 19.1 Å². The van der Waals surface area contributed by atoms with Gasteiger partial charge < -0.3 is 14.8 Å². The SMILES string of the molecule is C[C@@H](NC(=O)CN(c1ccc(C(F)(F)F)cc1)S(C)(=O)=O)c1ccc2c(c1)OCCO2. The lowest BCUT2D eigenvalue weighted by molar-refractivity contribution is -0.137. The largest absolute Gasteiger partial charge is 0.486 e. The third-order valence-electron chi connectivity index (χ3n) is 4.61. The number of carbonyl (C=O) groups is 1. The van der Waals surface area contributed by atoms with Crippen molar-refractivity contribution in [1.82, 2.24) is 5.32 Å². The molecule has 0 aliphatic carbocycles. The molecule has 0 saturated heterocycles. The van der Waals surface area contributed by atoms with Gasteiger partial charge in [-0.05, 0) is 48.9 Å². The molecule has 0 aromatic heterocycles. The highest BCUT2D eigenvalue weighted by atomic mass is 32.2. The van der Waals surface area contributed by atoms with Gasteiger partial charge in [-0.2, -0.15) is 13.2 Å². The van der Waals surface area contributed by atoms with Crippen molar-refractivity contribution in [3.05, 3.63) is 53.6 Å². The van der Waals surface area contributed by atoms with E-state index in [-0.39, 0.29) is 5.69 Å². The number of benzene rings is 2. The van der Waals surface area contributed by atoms with Crippen LogP contribution in [0, 0.1) is 0 Å². The Morgan fingerprint density at radius 1 is 1.10 bits per heavy atom. The normalized spacial score (nSPS) is 14.6. The number of rotatable bonds is 6. The fourth-order valence-corrected chi connectivity index (χ4v) is 3.90. The van der Waals surface area contributed by atoms with Crippen LogP contribution in [0.25, 0.3) is 0 Å². The van der Waals surface area contributed by atoms with Crippen LogP contribution in [0.15, 0.2) is 42.5 Å². The van der Waals surface area contributed by atoms with Crippen LogP contribution in [0.4, 0.5) is 18.9 Å². The van der Waals surface area contributed by atoms with Crippen molar-refractivity contribution in [2.24, 2.45) is 0 Å². The summed E-state index contributed by atoms with van der Waals surface area (Å²) in [6, 6.07) is 8.29. The summed E-state index contributed by atoms with van der Waals surface area (Å²) in [6.07, 6.45) is -3.67. The highest BCUT2D eigenvalue weighted by Crippen LogP contribution is 2.33. The van der Waals surface area contributed by atoms with Crippen molar-refractivity contribution in [2.45, 2.75) is 19.1 Å². The molecule has 1 aliphatic rings. The highest BCUT2D eigenvalue weighted by molar-refractivity contribution is 7.92. The van der Waals surface area contributed by atoms with Crippen molar-refractivity contribution in [1.29, 1.82) is 0 Å². The number of nitrogens with zero attached hydrogens (tertiary/aromatic N) is 1. The van der Waals surface area contributed by atoms with E-state index in [1.165, 1.54) is 0 Å². The second-order valence-electron chi connectivity index (χ2n) is 7.01. The molecule has 31 heavy (non-hydrogen) atoms. The van der Waals surface area contributed by atoms with E-state index in [9.17, 15) is 26.4 Å². The van der Waals surface area contributed by atoms with E-state index in [4.69, 9.17) is 9.47 Å². The van der Waals surface area contributed by atoms with E-state index >= 15 is 0 Å². The number of anilines is 1. The molecular weight excluding hydrogens is 437 g/mol. The molecule has 0 bridgehead atoms. The first-order valence-corrected chi connectivity index (χ1v) is 11.1. The highest BCUT2D eigenvalue weighted by Gasteiger charge is 2.31. The first-order chi connectivity index (χ1) is 14.4. The molecule has 1 aliphatic heterocycles. The molecule has 1 N–H and O–H groups in total. The predicted molar refractivity (Wildman–Crippen MR) is 108 cm³/mol. The molecule has 0 saturated carbocycles. The topological polar surface area (TPSA) is 84.9 Å². The monoisotopic (exact) mass is 458 g/mol. The number of ether oxygens (including phenoxy) is 2. The Morgan fingerprint density at radius 3 is 2.29 bits per heavy atom. The number of nitrogens with one attached hydrogen (secondary N) is 1. The van der Waals surface area contributed by atoms with Crippen molar-refractivity contribution >= 4 is 21.6 Å². The van der Waals surface area contributed by atoms with E-state index in [1.54, 1.807) is 25.1 Å². The van der Waals surface area contributed by atoms with Crippen LogP contribution in [0.2, 0.25) is 0 Å². The first-order valence-electron chi connectivity index (χ1n) is 9.29. The van der Waals surface area contributed by atoms with Gasteiger partial charge >= 0.3 is 6.18 Å². The van der Waals surface area contributed by atoms with Crippen LogP contribution in [0.5, 0.6) is 11.5 Å². The number of carbonyl (C=O) groups excluding carboxylic acids is 1. The maximum Gasteiger partial charge on any atom is 0.416 e. The minimum Gasteiger partial charge on any atom is -0.486 e. The molecule has 11 heteroatoms. The minimum absolute atomic E-state index is 0.0439. The standard InChI is InChI=1S/C20H21F3N2O5S/c1-13(14-3-8-17-18(11-14)30-10-9-29-17)24-19(26)12-25(31(2,27)28)16-6-4-15(5-7-16)20(21,22)23/h3-8,11,13H,9-10,12H2,1-2H3,(H,24,26)/t13-/m1/s1. The molecule has 0 fully saturated rings. The third-order valence-corrected chi connectivity index (χ3v) is 5.75. The lowest BCUT2D eigenvalue weighted by Gasteiger charge is -2.24. The average Bonchev–Trinajstić information content (AvgIpc) is 2.70. The fraction of sp³-hybridized carbons (Fsp3) is 0.350. The molecule has 3 rings (SSSR count). The molecule has 0 spiro atoms. The Kier molecular flexibility index (Phi) is 6.35. The van der Waals surface area contributed by atoms with Crippen LogP contribution in [0.3, 0.4) is 0 Å². The second kappa shape index (κ2) is 8.66. The number of halogens is 3. The zero-order valence-corrected chi connectivity index (χ0v) is 17.6. The van der Waals surface area contributed by atoms with Crippen molar-refractivity contribution in [3.63, 3.8) is 0 Å². The van der Waals surface area contributed by atoms with Crippen LogP contribution >= 0.6 is 0 Å². The predicted octanol–water partition coefficient (Wildman–Crippen LogP) is 3.12.